The van der Waals surface area contributed by atoms with E-state index in [9.17, 15) is 22.4 Å². The topological polar surface area (TPSA) is 38.3 Å². The van der Waals surface area contributed by atoms with Crippen molar-refractivity contribution in [2.45, 2.75) is 13.3 Å². The van der Waals surface area contributed by atoms with Gasteiger partial charge in [-0.05, 0) is 54.5 Å². The predicted molar refractivity (Wildman–Crippen MR) is 81.9 cm³/mol. The molecular formula is C17H13F4NO2. The fourth-order valence-corrected chi connectivity index (χ4v) is 1.86. The van der Waals surface area contributed by atoms with Crippen LogP contribution < -0.4 is 10.1 Å². The molecule has 2 aromatic carbocycles. The quantitative estimate of drug-likeness (QED) is 0.648. The van der Waals surface area contributed by atoms with Crippen LogP contribution >= 0.6 is 0 Å². The third-order valence-electron chi connectivity index (χ3n) is 2.97. The average molecular weight is 339 g/mol. The zero-order chi connectivity index (χ0) is 17.7. The highest BCUT2D eigenvalue weighted by molar-refractivity contribution is 6.01. The van der Waals surface area contributed by atoms with E-state index in [1.165, 1.54) is 42.5 Å². The Labute approximate surface area is 135 Å². The molecule has 1 N–H and O–H groups in total. The van der Waals surface area contributed by atoms with Gasteiger partial charge in [-0.2, -0.15) is 0 Å². The van der Waals surface area contributed by atoms with E-state index in [4.69, 9.17) is 0 Å². The minimum atomic E-state index is -4.75. The molecule has 0 aliphatic carbocycles. The number of rotatable bonds is 4. The number of hydrogen-bond donors (Lipinski definition) is 1. The summed E-state index contributed by atoms with van der Waals surface area (Å²) in [5.41, 5.74) is 1.37. The molecule has 2 rings (SSSR count). The lowest BCUT2D eigenvalue weighted by molar-refractivity contribution is -0.274. The van der Waals surface area contributed by atoms with Crippen LogP contribution in [-0.4, -0.2) is 12.3 Å². The van der Waals surface area contributed by atoms with Gasteiger partial charge in [0.2, 0.25) is 5.91 Å². The summed E-state index contributed by atoms with van der Waals surface area (Å²) in [4.78, 5) is 11.8. The SMILES string of the molecule is Cc1cc(NC(=O)/C=C/c2ccc(OC(F)(F)F)cc2)ccc1F. The molecule has 0 unspecified atom stereocenters. The molecule has 0 bridgehead atoms. The molecule has 0 heterocycles. The van der Waals surface area contributed by atoms with Gasteiger partial charge in [0, 0.05) is 11.8 Å². The Balaban J connectivity index is 1.97. The van der Waals surface area contributed by atoms with Gasteiger partial charge >= 0.3 is 6.36 Å². The maximum atomic E-state index is 13.1. The van der Waals surface area contributed by atoms with E-state index in [0.717, 1.165) is 12.1 Å². The lowest BCUT2D eigenvalue weighted by Gasteiger charge is -2.08. The summed E-state index contributed by atoms with van der Waals surface area (Å²) >= 11 is 0. The molecule has 3 nitrogen and oxygen atoms in total. The number of carbonyl (C=O) groups is 1. The maximum Gasteiger partial charge on any atom is 0.573 e. The molecular weight excluding hydrogens is 326 g/mol. The first kappa shape index (κ1) is 17.5. The van der Waals surface area contributed by atoms with E-state index in [0.29, 0.717) is 16.8 Å². The fraction of sp³-hybridized carbons (Fsp3) is 0.118. The Kier molecular flexibility index (Phi) is 5.23. The van der Waals surface area contributed by atoms with E-state index < -0.39 is 12.3 Å². The Morgan fingerprint density at radius 1 is 1.12 bits per heavy atom. The van der Waals surface area contributed by atoms with Crippen LogP contribution in [0, 0.1) is 12.7 Å². The van der Waals surface area contributed by atoms with Crippen molar-refractivity contribution in [2.24, 2.45) is 0 Å². The van der Waals surface area contributed by atoms with Gasteiger partial charge in [-0.15, -0.1) is 13.2 Å². The number of halogens is 4. The first-order valence-electron chi connectivity index (χ1n) is 6.84. The van der Waals surface area contributed by atoms with Crippen molar-refractivity contribution < 1.29 is 27.1 Å². The van der Waals surface area contributed by atoms with E-state index in [2.05, 4.69) is 10.1 Å². The van der Waals surface area contributed by atoms with Crippen LogP contribution in [0.4, 0.5) is 23.2 Å². The molecule has 0 aliphatic rings. The smallest absolute Gasteiger partial charge is 0.406 e. The number of amides is 1. The van der Waals surface area contributed by atoms with E-state index >= 15 is 0 Å². The van der Waals surface area contributed by atoms with E-state index in [-0.39, 0.29) is 11.6 Å². The van der Waals surface area contributed by atoms with E-state index in [1.807, 2.05) is 0 Å². The van der Waals surface area contributed by atoms with Gasteiger partial charge in [-0.25, -0.2) is 4.39 Å². The van der Waals surface area contributed by atoms with Crippen molar-refractivity contribution in [1.29, 1.82) is 0 Å². The van der Waals surface area contributed by atoms with Crippen LogP contribution in [0.15, 0.2) is 48.5 Å². The number of carbonyl (C=O) groups excluding carboxylic acids is 1. The summed E-state index contributed by atoms with van der Waals surface area (Å²) in [5.74, 6) is -1.16. The molecule has 24 heavy (non-hydrogen) atoms. The van der Waals surface area contributed by atoms with Crippen molar-refractivity contribution in [1.82, 2.24) is 0 Å². The number of ether oxygens (including phenoxy) is 1. The number of nitrogens with one attached hydrogen (secondary N) is 1. The monoisotopic (exact) mass is 339 g/mol. The molecule has 0 saturated carbocycles. The highest BCUT2D eigenvalue weighted by Crippen LogP contribution is 2.23. The second-order valence-electron chi connectivity index (χ2n) is 4.90. The number of benzene rings is 2. The van der Waals surface area contributed by atoms with Crippen LogP contribution in [0.1, 0.15) is 11.1 Å². The van der Waals surface area contributed by atoms with Gasteiger partial charge < -0.3 is 10.1 Å². The standard InChI is InChI=1S/C17H13F4NO2/c1-11-10-13(5-8-15(11)18)22-16(23)9-4-12-2-6-14(7-3-12)24-17(19,20)21/h2-10H,1H3,(H,22,23)/b9-4+. The second-order valence-corrected chi connectivity index (χ2v) is 4.90. The minimum Gasteiger partial charge on any atom is -0.406 e. The predicted octanol–water partition coefficient (Wildman–Crippen LogP) is 4.68. The molecule has 0 atom stereocenters. The summed E-state index contributed by atoms with van der Waals surface area (Å²) in [6, 6.07) is 9.22. The number of alkyl halides is 3. The molecule has 1 amide bonds. The summed E-state index contributed by atoms with van der Waals surface area (Å²) in [6.45, 7) is 1.57. The van der Waals surface area contributed by atoms with Crippen molar-refractivity contribution in [3.63, 3.8) is 0 Å². The summed E-state index contributed by atoms with van der Waals surface area (Å²) in [5, 5.41) is 2.56. The molecule has 0 fully saturated rings. The number of hydrogen-bond acceptors (Lipinski definition) is 2. The lowest BCUT2D eigenvalue weighted by Crippen LogP contribution is -2.16. The van der Waals surface area contributed by atoms with Crippen molar-refractivity contribution in [3.05, 3.63) is 65.5 Å². The number of aryl methyl sites for hydroxylation is 1. The van der Waals surface area contributed by atoms with Gasteiger partial charge in [0.1, 0.15) is 11.6 Å². The lowest BCUT2D eigenvalue weighted by atomic mass is 10.2. The average Bonchev–Trinajstić information content (AvgIpc) is 2.49. The van der Waals surface area contributed by atoms with Gasteiger partial charge in [-0.1, -0.05) is 12.1 Å². The third-order valence-corrected chi connectivity index (χ3v) is 2.97. The van der Waals surface area contributed by atoms with E-state index in [1.54, 1.807) is 6.92 Å². The van der Waals surface area contributed by atoms with Gasteiger partial charge in [0.25, 0.3) is 0 Å². The Bertz CT molecular complexity index is 752. The van der Waals surface area contributed by atoms with Gasteiger partial charge in [0.15, 0.2) is 0 Å². The third kappa shape index (κ3) is 5.42. The Morgan fingerprint density at radius 3 is 2.38 bits per heavy atom. The molecule has 0 aromatic heterocycles. The zero-order valence-electron chi connectivity index (χ0n) is 12.5. The summed E-state index contributed by atoms with van der Waals surface area (Å²) in [6.07, 6.45) is -2.09. The van der Waals surface area contributed by atoms with Crippen LogP contribution in [0.25, 0.3) is 6.08 Å². The van der Waals surface area contributed by atoms with Crippen LogP contribution in [0.3, 0.4) is 0 Å². The number of anilines is 1. The Morgan fingerprint density at radius 2 is 1.79 bits per heavy atom. The van der Waals surface area contributed by atoms with Crippen molar-refractivity contribution >= 4 is 17.7 Å². The maximum absolute atomic E-state index is 13.1. The minimum absolute atomic E-state index is 0.342. The Hall–Kier alpha value is -2.83. The van der Waals surface area contributed by atoms with Gasteiger partial charge in [0.05, 0.1) is 0 Å². The second kappa shape index (κ2) is 7.16. The molecule has 0 spiro atoms. The highest BCUT2D eigenvalue weighted by atomic mass is 19.4. The first-order valence-corrected chi connectivity index (χ1v) is 6.84. The van der Waals surface area contributed by atoms with Crippen molar-refractivity contribution in [2.75, 3.05) is 5.32 Å². The van der Waals surface area contributed by atoms with Crippen LogP contribution in [0.5, 0.6) is 5.75 Å². The van der Waals surface area contributed by atoms with Crippen molar-refractivity contribution in [3.8, 4) is 5.75 Å². The highest BCUT2D eigenvalue weighted by Gasteiger charge is 2.30. The molecule has 126 valence electrons. The molecule has 0 saturated heterocycles. The fourth-order valence-electron chi connectivity index (χ4n) is 1.86. The molecule has 0 aliphatic heterocycles. The molecule has 2 aromatic rings. The summed E-state index contributed by atoms with van der Waals surface area (Å²) in [7, 11) is 0. The molecule has 0 radical (unpaired) electrons. The van der Waals surface area contributed by atoms with Crippen LogP contribution in [0.2, 0.25) is 0 Å². The first-order chi connectivity index (χ1) is 11.2. The molecule has 7 heteroatoms. The summed E-state index contributed by atoms with van der Waals surface area (Å²) < 4.78 is 53.0. The van der Waals surface area contributed by atoms with Crippen LogP contribution in [-0.2, 0) is 4.79 Å². The zero-order valence-corrected chi connectivity index (χ0v) is 12.5. The largest absolute Gasteiger partial charge is 0.573 e. The normalized spacial score (nSPS) is 11.5. The van der Waals surface area contributed by atoms with Gasteiger partial charge in [-0.3, -0.25) is 4.79 Å².